The number of fused-ring (bicyclic) bond motifs is 2. The smallest absolute Gasteiger partial charge is 0.335 e. The molecule has 1 aliphatic rings. The van der Waals surface area contributed by atoms with E-state index in [4.69, 9.17) is 14.9 Å². The van der Waals surface area contributed by atoms with E-state index in [2.05, 4.69) is 54.6 Å². The molecule has 0 aliphatic heterocycles. The largest absolute Gasteiger partial charge is 0.478 e. The first-order valence-electron chi connectivity index (χ1n) is 22.3. The van der Waals surface area contributed by atoms with Gasteiger partial charge in [-0.3, -0.25) is 14.4 Å². The van der Waals surface area contributed by atoms with Gasteiger partial charge in [-0.2, -0.15) is 0 Å². The summed E-state index contributed by atoms with van der Waals surface area (Å²) in [6, 6.07) is 56.3. The minimum atomic E-state index is -0.973. The third-order valence-electron chi connectivity index (χ3n) is 12.2. The summed E-state index contributed by atoms with van der Waals surface area (Å²) in [4.78, 5) is 67.1. The Bertz CT molecular complexity index is 3250. The number of Topliss-reactive ketones (excluding diaryl/α,β-unsaturated/α-hetero) is 1. The van der Waals surface area contributed by atoms with Crippen molar-refractivity contribution in [2.75, 3.05) is 0 Å². The highest BCUT2D eigenvalue weighted by Gasteiger charge is 2.54. The van der Waals surface area contributed by atoms with Crippen LogP contribution in [0, 0.1) is 5.92 Å². The second-order valence-electron chi connectivity index (χ2n) is 16.8. The van der Waals surface area contributed by atoms with Gasteiger partial charge in [-0.1, -0.05) is 146 Å². The summed E-state index contributed by atoms with van der Waals surface area (Å²) in [6.45, 7) is 3.52. The van der Waals surface area contributed by atoms with E-state index in [1.807, 2.05) is 84.9 Å². The molecule has 4 atom stereocenters. The Balaban J connectivity index is 0.000000174. The molecule has 0 aromatic heterocycles. The van der Waals surface area contributed by atoms with Crippen LogP contribution in [0.5, 0.6) is 5.75 Å². The van der Waals surface area contributed by atoms with Crippen molar-refractivity contribution in [1.82, 2.24) is 0 Å². The Hall–Kier alpha value is -9.02. The number of carboxylic acids is 3. The molecule has 10 heteroatoms. The summed E-state index contributed by atoms with van der Waals surface area (Å²) < 4.78 is 4.98. The Morgan fingerprint density at radius 2 is 0.886 bits per heavy atom. The van der Waals surface area contributed by atoms with E-state index in [1.165, 1.54) is 25.1 Å². The van der Waals surface area contributed by atoms with Gasteiger partial charge >= 0.3 is 17.9 Å². The Kier molecular flexibility index (Phi) is 15.8. The summed E-state index contributed by atoms with van der Waals surface area (Å²) >= 11 is 0. The van der Waals surface area contributed by atoms with Crippen LogP contribution in [0.15, 0.2) is 188 Å². The number of ketones is 2. The molecule has 1 saturated carbocycles. The van der Waals surface area contributed by atoms with Crippen LogP contribution in [0.4, 0.5) is 0 Å². The van der Waals surface area contributed by atoms with Crippen molar-refractivity contribution in [1.29, 1.82) is 0 Å². The predicted molar refractivity (Wildman–Crippen MR) is 272 cm³/mol. The molecule has 0 heterocycles. The molecular formula is C60H48O10. The van der Waals surface area contributed by atoms with Crippen LogP contribution in [0.25, 0.3) is 39.8 Å². The first-order valence-corrected chi connectivity index (χ1v) is 22.3. The molecule has 348 valence electrons. The Morgan fingerprint density at radius 1 is 0.429 bits per heavy atom. The second kappa shape index (κ2) is 22.6. The first kappa shape index (κ1) is 48.9. The molecule has 0 amide bonds. The summed E-state index contributed by atoms with van der Waals surface area (Å²) in [5, 5.41) is 30.9. The maximum absolute atomic E-state index is 12.9. The van der Waals surface area contributed by atoms with Gasteiger partial charge in [0.15, 0.2) is 5.78 Å². The summed E-state index contributed by atoms with van der Waals surface area (Å²) in [5.41, 5.74) is 7.02. The maximum Gasteiger partial charge on any atom is 0.335 e. The lowest BCUT2D eigenvalue weighted by Gasteiger charge is -2.52. The maximum atomic E-state index is 12.9. The van der Waals surface area contributed by atoms with Crippen molar-refractivity contribution < 1.29 is 48.8 Å². The molecule has 8 aromatic carbocycles. The Labute approximate surface area is 404 Å². The van der Waals surface area contributed by atoms with Crippen molar-refractivity contribution in [3.63, 3.8) is 0 Å². The average Bonchev–Trinajstić information content (AvgIpc) is 3.36. The zero-order valence-electron chi connectivity index (χ0n) is 38.2. The highest BCUT2D eigenvalue weighted by molar-refractivity contribution is 5.95. The Morgan fingerprint density at radius 3 is 1.49 bits per heavy atom. The highest BCUT2D eigenvalue weighted by Crippen LogP contribution is 2.62. The SMILES string of the molecule is CC(=O)/C=C/c1ccc(C(=O)O)cc1.CC(=O)[C@@H]1[C@H](c2ccccc2)[C@@H](c2ccc3cc(OC=O)ccc3c2)[C@H]1c1ccc(C(=O)O)cc1.O=C(O)c1ccc2cc(/C=C/c3ccccc3)ccc2c1. The topological polar surface area (TPSA) is 172 Å². The highest BCUT2D eigenvalue weighted by atomic mass is 16.5. The fourth-order valence-corrected chi connectivity index (χ4v) is 8.81. The molecule has 9 rings (SSSR count). The number of allylic oxidation sites excluding steroid dienone is 1. The minimum absolute atomic E-state index is 0.00738. The summed E-state index contributed by atoms with van der Waals surface area (Å²) in [6.07, 6.45) is 7.20. The van der Waals surface area contributed by atoms with E-state index in [0.29, 0.717) is 17.8 Å². The number of ether oxygens (including phenoxy) is 1. The number of carbonyl (C=O) groups excluding carboxylic acids is 3. The van der Waals surface area contributed by atoms with Crippen molar-refractivity contribution in [2.24, 2.45) is 5.92 Å². The lowest BCUT2D eigenvalue weighted by Crippen LogP contribution is -2.45. The fourth-order valence-electron chi connectivity index (χ4n) is 8.81. The van der Waals surface area contributed by atoms with Gasteiger partial charge in [0.25, 0.3) is 6.47 Å². The zero-order chi connectivity index (χ0) is 49.7. The number of hydrogen-bond acceptors (Lipinski definition) is 7. The monoisotopic (exact) mass is 928 g/mol. The van der Waals surface area contributed by atoms with Gasteiger partial charge in [0.05, 0.1) is 16.7 Å². The molecule has 70 heavy (non-hydrogen) atoms. The van der Waals surface area contributed by atoms with Gasteiger partial charge in [0.1, 0.15) is 11.5 Å². The zero-order valence-corrected chi connectivity index (χ0v) is 38.2. The fraction of sp³-hybridized carbons (Fsp3) is 0.100. The van der Waals surface area contributed by atoms with Crippen molar-refractivity contribution in [3.8, 4) is 5.75 Å². The number of carbonyl (C=O) groups is 6. The average molecular weight is 929 g/mol. The van der Waals surface area contributed by atoms with E-state index in [1.54, 1.807) is 55.5 Å². The number of hydrogen-bond donors (Lipinski definition) is 3. The van der Waals surface area contributed by atoms with Crippen molar-refractivity contribution in [2.45, 2.75) is 31.6 Å². The molecule has 0 unspecified atom stereocenters. The van der Waals surface area contributed by atoms with Crippen LogP contribution in [0.1, 0.15) is 96.1 Å². The van der Waals surface area contributed by atoms with Crippen LogP contribution in [-0.2, 0) is 14.4 Å². The first-order chi connectivity index (χ1) is 33.8. The van der Waals surface area contributed by atoms with Gasteiger partial charge in [-0.25, -0.2) is 14.4 Å². The minimum Gasteiger partial charge on any atom is -0.478 e. The molecule has 1 fully saturated rings. The van der Waals surface area contributed by atoms with Gasteiger partial charge in [-0.05, 0) is 135 Å². The standard InChI is InChI=1S/C30H24O5.C19H14O2.C11H10O3/c1-18(32)26-27(19-5-3-2-4-6-19)29(28(26)20-7-9-21(10-8-20)30(33)34)24-12-11-23-16-25(35-17-31)14-13-22(23)15-24;20-19(21)18-11-10-16-12-15(8-9-17(16)13-18)7-6-14-4-2-1-3-5-14;1-8(12)2-3-9-4-6-10(7-5-9)11(13)14/h2-17,26-29H,1H3,(H,33,34);1-13H,(H,20,21);2-7H,1H3,(H,13,14)/b;7-6+;3-2+/t26-,27+,28+,29-;;/m1../s1. The van der Waals surface area contributed by atoms with E-state index in [0.717, 1.165) is 54.9 Å². The molecule has 8 aromatic rings. The van der Waals surface area contributed by atoms with Gasteiger partial charge in [-0.15, -0.1) is 0 Å². The lowest BCUT2D eigenvalue weighted by atomic mass is 9.50. The van der Waals surface area contributed by atoms with Gasteiger partial charge < -0.3 is 20.1 Å². The quantitative estimate of drug-likeness (QED) is 0.0574. The molecule has 0 bridgehead atoms. The second-order valence-corrected chi connectivity index (χ2v) is 16.8. The summed E-state index contributed by atoms with van der Waals surface area (Å²) in [5.74, 6) is -2.49. The van der Waals surface area contributed by atoms with Crippen LogP contribution >= 0.6 is 0 Å². The molecule has 1 aliphatic carbocycles. The van der Waals surface area contributed by atoms with Crippen molar-refractivity contribution >= 4 is 75.7 Å². The number of aromatic carboxylic acids is 3. The molecule has 3 N–H and O–H groups in total. The molecule has 10 nitrogen and oxygen atoms in total. The normalized spacial score (nSPS) is 16.0. The van der Waals surface area contributed by atoms with Gasteiger partial charge in [0, 0.05) is 17.8 Å². The number of rotatable bonds is 13. The third kappa shape index (κ3) is 12.1. The van der Waals surface area contributed by atoms with Crippen LogP contribution in [0.3, 0.4) is 0 Å². The van der Waals surface area contributed by atoms with E-state index in [9.17, 15) is 33.9 Å². The van der Waals surface area contributed by atoms with E-state index >= 15 is 0 Å². The van der Waals surface area contributed by atoms with Crippen LogP contribution < -0.4 is 4.74 Å². The predicted octanol–water partition coefficient (Wildman–Crippen LogP) is 12.6. The van der Waals surface area contributed by atoms with Crippen LogP contribution in [0.2, 0.25) is 0 Å². The van der Waals surface area contributed by atoms with Crippen molar-refractivity contribution in [3.05, 3.63) is 238 Å². The van der Waals surface area contributed by atoms with Gasteiger partial charge in [0.2, 0.25) is 0 Å². The lowest BCUT2D eigenvalue weighted by molar-refractivity contribution is -0.126. The molecule has 0 radical (unpaired) electrons. The molecule has 0 saturated heterocycles. The molecular weight excluding hydrogens is 881 g/mol. The van der Waals surface area contributed by atoms with E-state index < -0.39 is 17.9 Å². The van der Waals surface area contributed by atoms with Crippen LogP contribution in [-0.4, -0.2) is 51.3 Å². The number of carboxylic acid groups (broad SMARTS) is 3. The van der Waals surface area contributed by atoms with E-state index in [-0.39, 0.29) is 46.4 Å². The summed E-state index contributed by atoms with van der Waals surface area (Å²) in [7, 11) is 0. The number of benzene rings is 8. The third-order valence-corrected chi connectivity index (χ3v) is 12.2. The molecule has 0 spiro atoms.